The minimum absolute atomic E-state index is 0.221. The molecule has 1 saturated heterocycles. The maximum absolute atomic E-state index is 12.0. The number of nitrogens with zero attached hydrogens (tertiary/aromatic N) is 3. The smallest absolute Gasteiger partial charge is 0.404 e. The molecule has 4 N–H and O–H groups in total. The molecule has 2 aliphatic rings. The number of hydrogen-bond donors (Lipinski definition) is 3. The van der Waals surface area contributed by atoms with E-state index in [1.54, 1.807) is 12.3 Å². The Balaban J connectivity index is 1.35. The fourth-order valence-corrected chi connectivity index (χ4v) is 4.70. The van der Waals surface area contributed by atoms with Crippen molar-refractivity contribution < 1.29 is 9.90 Å². The third-order valence-corrected chi connectivity index (χ3v) is 6.39. The Kier molecular flexibility index (Phi) is 5.27. The second-order valence-corrected chi connectivity index (χ2v) is 8.07. The van der Waals surface area contributed by atoms with Crippen molar-refractivity contribution in [2.45, 2.75) is 25.8 Å². The van der Waals surface area contributed by atoms with Crippen LogP contribution in [0, 0.1) is 17.8 Å². The molecule has 1 amide bonds. The number of piperidine rings is 1. The lowest BCUT2D eigenvalue weighted by molar-refractivity contribution is 0.186. The number of benzene rings is 1. The van der Waals surface area contributed by atoms with Crippen molar-refractivity contribution in [3.8, 4) is 5.69 Å². The number of aromatic nitrogens is 2. The summed E-state index contributed by atoms with van der Waals surface area (Å²) in [6.45, 7) is 4.90. The molecule has 2 heterocycles. The predicted molar refractivity (Wildman–Crippen MR) is 110 cm³/mol. The Morgan fingerprint density at radius 3 is 2.55 bits per heavy atom. The molecule has 0 bridgehead atoms. The van der Waals surface area contributed by atoms with Crippen LogP contribution in [0.5, 0.6) is 0 Å². The van der Waals surface area contributed by atoms with Gasteiger partial charge < -0.3 is 16.2 Å². The second kappa shape index (κ2) is 7.87. The van der Waals surface area contributed by atoms with Gasteiger partial charge in [-0.15, -0.1) is 0 Å². The second-order valence-electron chi connectivity index (χ2n) is 8.07. The third kappa shape index (κ3) is 4.12. The van der Waals surface area contributed by atoms with Crippen LogP contribution >= 0.6 is 0 Å². The summed E-state index contributed by atoms with van der Waals surface area (Å²) in [7, 11) is 0. The molecule has 29 heavy (non-hydrogen) atoms. The molecule has 1 aliphatic heterocycles. The summed E-state index contributed by atoms with van der Waals surface area (Å²) < 4.78 is 1.48. The highest BCUT2D eigenvalue weighted by Gasteiger charge is 2.55. The van der Waals surface area contributed by atoms with E-state index in [1.807, 2.05) is 12.1 Å². The molecule has 1 saturated carbocycles. The molecule has 3 atom stereocenters. The van der Waals surface area contributed by atoms with Crippen LogP contribution in [0.2, 0.25) is 0 Å². The van der Waals surface area contributed by atoms with E-state index in [2.05, 4.69) is 34.3 Å². The first-order valence-corrected chi connectivity index (χ1v) is 10.1. The van der Waals surface area contributed by atoms with Gasteiger partial charge in [0, 0.05) is 31.9 Å². The summed E-state index contributed by atoms with van der Waals surface area (Å²) >= 11 is 0. The van der Waals surface area contributed by atoms with Crippen molar-refractivity contribution in [2.75, 3.05) is 25.4 Å². The summed E-state index contributed by atoms with van der Waals surface area (Å²) in [5, 5.41) is 11.3. The van der Waals surface area contributed by atoms with Gasteiger partial charge in [-0.1, -0.05) is 19.1 Å². The number of nitrogens with two attached hydrogens (primary N) is 1. The monoisotopic (exact) mass is 397 g/mol. The van der Waals surface area contributed by atoms with Gasteiger partial charge in [-0.25, -0.2) is 9.59 Å². The number of likely N-dealkylation sites (tertiary alicyclic amines) is 1. The van der Waals surface area contributed by atoms with Gasteiger partial charge in [0.05, 0.1) is 5.69 Å². The van der Waals surface area contributed by atoms with Crippen molar-refractivity contribution in [3.63, 3.8) is 0 Å². The molecular weight excluding hydrogens is 370 g/mol. The lowest BCUT2D eigenvalue weighted by Crippen LogP contribution is -2.38. The van der Waals surface area contributed by atoms with Crippen LogP contribution < -0.4 is 16.7 Å². The molecule has 4 rings (SSSR count). The molecule has 0 radical (unpaired) electrons. The standard InChI is InChI=1S/C21H27N5O3/c1-2-14(25-11-17-16(18(17)12-25)10-23-21(28)29)9-13-3-5-15(6-4-13)26-8-7-19(22)24-20(26)27/h3-8,14,16-18,23H,2,9-12H2,1H3,(H,28,29)(H2,22,24,27). The lowest BCUT2D eigenvalue weighted by atomic mass is 10.0. The van der Waals surface area contributed by atoms with Gasteiger partial charge >= 0.3 is 11.8 Å². The van der Waals surface area contributed by atoms with Crippen LogP contribution in [0.15, 0.2) is 41.3 Å². The summed E-state index contributed by atoms with van der Waals surface area (Å²) in [4.78, 5) is 29.0. The van der Waals surface area contributed by atoms with E-state index in [4.69, 9.17) is 10.8 Å². The van der Waals surface area contributed by atoms with Crippen LogP contribution in [0.3, 0.4) is 0 Å². The Bertz CT molecular complexity index is 930. The number of carboxylic acid groups (broad SMARTS) is 1. The summed E-state index contributed by atoms with van der Waals surface area (Å²) in [5.41, 5.74) is 7.18. The molecule has 1 aromatic heterocycles. The predicted octanol–water partition coefficient (Wildman–Crippen LogP) is 1.58. The molecule has 154 valence electrons. The number of hydrogen-bond acceptors (Lipinski definition) is 5. The van der Waals surface area contributed by atoms with E-state index >= 15 is 0 Å². The van der Waals surface area contributed by atoms with Crippen LogP contribution in [0.25, 0.3) is 5.69 Å². The van der Waals surface area contributed by atoms with Crippen molar-refractivity contribution >= 4 is 11.9 Å². The van der Waals surface area contributed by atoms with Gasteiger partial charge in [0.25, 0.3) is 0 Å². The molecule has 3 unspecified atom stereocenters. The Morgan fingerprint density at radius 2 is 1.97 bits per heavy atom. The molecule has 1 aromatic carbocycles. The fourth-order valence-electron chi connectivity index (χ4n) is 4.70. The highest BCUT2D eigenvalue weighted by Crippen LogP contribution is 2.52. The topological polar surface area (TPSA) is 113 Å². The lowest BCUT2D eigenvalue weighted by Gasteiger charge is -2.29. The van der Waals surface area contributed by atoms with Crippen LogP contribution in [0.4, 0.5) is 10.6 Å². The van der Waals surface area contributed by atoms with Crippen LogP contribution in [-0.2, 0) is 6.42 Å². The van der Waals surface area contributed by atoms with E-state index in [0.717, 1.165) is 31.6 Å². The number of anilines is 1. The first-order chi connectivity index (χ1) is 14.0. The Morgan fingerprint density at radius 1 is 1.28 bits per heavy atom. The van der Waals surface area contributed by atoms with Crippen molar-refractivity contribution in [3.05, 3.63) is 52.6 Å². The van der Waals surface area contributed by atoms with E-state index < -0.39 is 6.09 Å². The summed E-state index contributed by atoms with van der Waals surface area (Å²) in [5.74, 6) is 1.98. The number of amides is 1. The van der Waals surface area contributed by atoms with Crippen molar-refractivity contribution in [2.24, 2.45) is 17.8 Å². The zero-order chi connectivity index (χ0) is 20.5. The van der Waals surface area contributed by atoms with Gasteiger partial charge in [0.15, 0.2) is 0 Å². The number of carbonyl (C=O) groups is 1. The van der Waals surface area contributed by atoms with E-state index in [-0.39, 0.29) is 11.5 Å². The number of fused-ring (bicyclic) bond motifs is 1. The van der Waals surface area contributed by atoms with Crippen molar-refractivity contribution in [1.29, 1.82) is 0 Å². The van der Waals surface area contributed by atoms with Crippen LogP contribution in [0.1, 0.15) is 18.9 Å². The molecule has 2 aromatic rings. The molecule has 2 fully saturated rings. The highest BCUT2D eigenvalue weighted by molar-refractivity contribution is 5.64. The number of rotatable bonds is 7. The average molecular weight is 397 g/mol. The molecule has 0 spiro atoms. The summed E-state index contributed by atoms with van der Waals surface area (Å²) in [6, 6.07) is 10.1. The molecule has 1 aliphatic carbocycles. The number of nitrogen functional groups attached to an aromatic ring is 1. The number of nitrogens with one attached hydrogen (secondary N) is 1. The maximum Gasteiger partial charge on any atom is 0.404 e. The average Bonchev–Trinajstić information content (AvgIpc) is 3.14. The quantitative estimate of drug-likeness (QED) is 0.654. The van der Waals surface area contributed by atoms with Gasteiger partial charge in [0.1, 0.15) is 5.82 Å². The molecule has 8 nitrogen and oxygen atoms in total. The third-order valence-electron chi connectivity index (χ3n) is 6.39. The van der Waals surface area contributed by atoms with Crippen molar-refractivity contribution in [1.82, 2.24) is 19.8 Å². The fraction of sp³-hybridized carbons (Fsp3) is 0.476. The van der Waals surface area contributed by atoms with Gasteiger partial charge in [-0.2, -0.15) is 4.98 Å². The zero-order valence-electron chi connectivity index (χ0n) is 16.5. The molecular formula is C21H27N5O3. The minimum Gasteiger partial charge on any atom is -0.465 e. The SMILES string of the molecule is CCC(Cc1ccc(-n2ccc(N)nc2=O)cc1)N1CC2C(CNC(=O)O)C2C1. The van der Waals surface area contributed by atoms with Crippen LogP contribution in [-0.4, -0.2) is 51.3 Å². The first-order valence-electron chi connectivity index (χ1n) is 10.1. The molecule has 8 heteroatoms. The van der Waals surface area contributed by atoms with Gasteiger partial charge in [-0.05, 0) is 54.4 Å². The van der Waals surface area contributed by atoms with E-state index in [9.17, 15) is 9.59 Å². The largest absolute Gasteiger partial charge is 0.465 e. The maximum atomic E-state index is 12.0. The minimum atomic E-state index is -0.932. The Labute approximate surface area is 169 Å². The summed E-state index contributed by atoms with van der Waals surface area (Å²) in [6.07, 6.45) is 2.74. The Hall–Kier alpha value is -2.87. The highest BCUT2D eigenvalue weighted by atomic mass is 16.4. The first kappa shape index (κ1) is 19.4. The normalized spacial score (nSPS) is 24.1. The van der Waals surface area contributed by atoms with E-state index in [1.165, 1.54) is 10.1 Å². The van der Waals surface area contributed by atoms with Gasteiger partial charge in [0.2, 0.25) is 0 Å². The zero-order valence-corrected chi connectivity index (χ0v) is 16.5. The van der Waals surface area contributed by atoms with Gasteiger partial charge in [-0.3, -0.25) is 9.47 Å². The van der Waals surface area contributed by atoms with E-state index in [0.29, 0.717) is 30.3 Å².